The number of carbonyl (C=O) groups excluding carboxylic acids is 1. The van der Waals surface area contributed by atoms with Gasteiger partial charge in [-0.2, -0.15) is 0 Å². The molecule has 0 aromatic heterocycles. The molecule has 2 nitrogen and oxygen atoms in total. The van der Waals surface area contributed by atoms with E-state index >= 15 is 0 Å². The zero-order valence-electron chi connectivity index (χ0n) is 3.10. The Morgan fingerprint density at radius 2 is 2.33 bits per heavy atom. The van der Waals surface area contributed by atoms with Crippen LogP contribution in [0, 0.1) is 0 Å². The SMILES string of the molecule is C=C=CC([O])=O. The molecule has 0 aromatic carbocycles. The largest absolute Gasteiger partial charge is 0.386 e. The summed E-state index contributed by atoms with van der Waals surface area (Å²) in [5.41, 5.74) is 2.03. The van der Waals surface area contributed by atoms with Crippen molar-refractivity contribution in [3.05, 3.63) is 18.4 Å². The van der Waals surface area contributed by atoms with Crippen molar-refractivity contribution in [1.29, 1.82) is 0 Å². The quantitative estimate of drug-likeness (QED) is 0.331. The molecule has 0 atom stereocenters. The third-order valence-corrected chi connectivity index (χ3v) is 0.220. The van der Waals surface area contributed by atoms with Crippen molar-refractivity contribution in [3.8, 4) is 0 Å². The summed E-state index contributed by atoms with van der Waals surface area (Å²) in [5, 5.41) is 9.33. The molecule has 0 heterocycles. The summed E-state index contributed by atoms with van der Waals surface area (Å²) in [6.45, 7) is 3.00. The van der Waals surface area contributed by atoms with E-state index in [1.165, 1.54) is 0 Å². The van der Waals surface area contributed by atoms with Crippen molar-refractivity contribution >= 4 is 5.97 Å². The maximum absolute atomic E-state index is 9.33. The molecule has 0 saturated carbocycles. The molecule has 0 saturated heterocycles. The second-order valence-electron chi connectivity index (χ2n) is 0.667. The third-order valence-electron chi connectivity index (χ3n) is 0.220. The van der Waals surface area contributed by atoms with Crippen LogP contribution in [-0.2, 0) is 9.90 Å². The molecule has 0 rings (SSSR count). The fraction of sp³-hybridized carbons (Fsp3) is 0. The van der Waals surface area contributed by atoms with E-state index in [1.807, 2.05) is 5.73 Å². The second kappa shape index (κ2) is 2.24. The predicted octanol–water partition coefficient (Wildman–Crippen LogP) is 0.285. The van der Waals surface area contributed by atoms with E-state index in [0.29, 0.717) is 0 Å². The summed E-state index contributed by atoms with van der Waals surface area (Å²) < 4.78 is 0. The third kappa shape index (κ3) is 2.99. The van der Waals surface area contributed by atoms with Gasteiger partial charge < -0.3 is 0 Å². The first-order valence-corrected chi connectivity index (χ1v) is 1.34. The normalized spacial score (nSPS) is 6.00. The van der Waals surface area contributed by atoms with Crippen LogP contribution in [0.3, 0.4) is 0 Å². The van der Waals surface area contributed by atoms with Gasteiger partial charge in [0.05, 0.1) is 6.08 Å². The lowest BCUT2D eigenvalue weighted by molar-refractivity contribution is -0.137. The van der Waals surface area contributed by atoms with Crippen molar-refractivity contribution in [2.24, 2.45) is 0 Å². The second-order valence-corrected chi connectivity index (χ2v) is 0.667. The molecule has 0 aliphatic heterocycles. The highest BCUT2D eigenvalue weighted by molar-refractivity contribution is 5.78. The number of hydrogen-bond acceptors (Lipinski definition) is 1. The Hall–Kier alpha value is -1.01. The van der Waals surface area contributed by atoms with Gasteiger partial charge in [0.1, 0.15) is 0 Å². The van der Waals surface area contributed by atoms with Crippen molar-refractivity contribution < 1.29 is 9.90 Å². The lowest BCUT2D eigenvalue weighted by Crippen LogP contribution is -1.79. The molecule has 2 heteroatoms. The zero-order chi connectivity index (χ0) is 4.99. The summed E-state index contributed by atoms with van der Waals surface area (Å²) in [5.74, 6) is -1.26. The number of carbonyl (C=O) groups is 1. The number of hydrogen-bond donors (Lipinski definition) is 0. The molecule has 0 unspecified atom stereocenters. The Balaban J connectivity index is 3.60. The van der Waals surface area contributed by atoms with Crippen molar-refractivity contribution in [3.63, 3.8) is 0 Å². The van der Waals surface area contributed by atoms with Crippen LogP contribution in [0.1, 0.15) is 0 Å². The summed E-state index contributed by atoms with van der Waals surface area (Å²) >= 11 is 0. The first-order chi connectivity index (χ1) is 2.77. The molecule has 0 bridgehead atoms. The zero-order valence-corrected chi connectivity index (χ0v) is 3.10. The van der Waals surface area contributed by atoms with Crippen LogP contribution in [0.2, 0.25) is 0 Å². The highest BCUT2D eigenvalue weighted by atomic mass is 16.4. The van der Waals surface area contributed by atoms with Crippen molar-refractivity contribution in [2.45, 2.75) is 0 Å². The lowest BCUT2D eigenvalue weighted by atomic mass is 10.6. The first-order valence-electron chi connectivity index (χ1n) is 1.34. The Morgan fingerprint density at radius 3 is 2.33 bits per heavy atom. The van der Waals surface area contributed by atoms with Gasteiger partial charge in [0.15, 0.2) is 0 Å². The average Bonchev–Trinajstić information content (AvgIpc) is 1.35. The average molecular weight is 83.1 g/mol. The fourth-order valence-electron chi connectivity index (χ4n) is 0.0833. The van der Waals surface area contributed by atoms with E-state index in [1.54, 1.807) is 0 Å². The van der Waals surface area contributed by atoms with Crippen molar-refractivity contribution in [1.82, 2.24) is 0 Å². The van der Waals surface area contributed by atoms with Gasteiger partial charge in [-0.3, -0.25) is 0 Å². The van der Waals surface area contributed by atoms with Gasteiger partial charge in [0.2, 0.25) is 0 Å². The minimum Gasteiger partial charge on any atom is -0.241 e. The van der Waals surface area contributed by atoms with Crippen LogP contribution in [0.15, 0.2) is 18.4 Å². The van der Waals surface area contributed by atoms with Gasteiger partial charge in [-0.05, 0) is 0 Å². The Labute approximate surface area is 35.4 Å². The van der Waals surface area contributed by atoms with Gasteiger partial charge in [0, 0.05) is 0 Å². The van der Waals surface area contributed by atoms with Gasteiger partial charge in [0.25, 0.3) is 0 Å². The van der Waals surface area contributed by atoms with E-state index < -0.39 is 5.97 Å². The molecule has 0 N–H and O–H groups in total. The molecular weight excluding hydrogens is 80.0 g/mol. The van der Waals surface area contributed by atoms with E-state index in [-0.39, 0.29) is 0 Å². The molecule has 6 heavy (non-hydrogen) atoms. The lowest BCUT2D eigenvalue weighted by Gasteiger charge is -1.57. The van der Waals surface area contributed by atoms with Crippen LogP contribution in [0.25, 0.3) is 0 Å². The van der Waals surface area contributed by atoms with Crippen LogP contribution in [0.4, 0.5) is 0 Å². The standard InChI is InChI=1S/C4H3O2/c1-2-3-4(5)6/h3H,1H2. The highest BCUT2D eigenvalue weighted by Crippen LogP contribution is 1.60. The van der Waals surface area contributed by atoms with Gasteiger partial charge in [-0.1, -0.05) is 6.58 Å². The number of rotatable bonds is 1. The monoisotopic (exact) mass is 83.0 g/mol. The molecule has 0 aliphatic rings. The van der Waals surface area contributed by atoms with E-state index in [2.05, 4.69) is 6.58 Å². The van der Waals surface area contributed by atoms with Gasteiger partial charge in [-0.15, -0.1) is 5.73 Å². The predicted molar refractivity (Wildman–Crippen MR) is 19.4 cm³/mol. The molecule has 31 valence electrons. The maximum atomic E-state index is 9.33. The van der Waals surface area contributed by atoms with Crippen LogP contribution >= 0.6 is 0 Å². The minimum absolute atomic E-state index is 0.736. The highest BCUT2D eigenvalue weighted by Gasteiger charge is 1.81. The van der Waals surface area contributed by atoms with Crippen LogP contribution in [-0.4, -0.2) is 5.97 Å². The molecule has 0 fully saturated rings. The first kappa shape index (κ1) is 4.99. The Bertz CT molecular complexity index is 98.1. The van der Waals surface area contributed by atoms with Gasteiger partial charge in [-0.25, -0.2) is 9.90 Å². The molecule has 0 aliphatic carbocycles. The summed E-state index contributed by atoms with van der Waals surface area (Å²) in [6, 6.07) is 0. The summed E-state index contributed by atoms with van der Waals surface area (Å²) in [6.07, 6.45) is 0.736. The van der Waals surface area contributed by atoms with Gasteiger partial charge >= 0.3 is 5.97 Å². The minimum atomic E-state index is -1.26. The molecule has 0 amide bonds. The van der Waals surface area contributed by atoms with E-state index in [9.17, 15) is 9.90 Å². The summed E-state index contributed by atoms with van der Waals surface area (Å²) in [4.78, 5) is 9.33. The van der Waals surface area contributed by atoms with Crippen molar-refractivity contribution in [2.75, 3.05) is 0 Å². The smallest absolute Gasteiger partial charge is 0.241 e. The molecule has 1 radical (unpaired) electrons. The van der Waals surface area contributed by atoms with Crippen LogP contribution < -0.4 is 0 Å². The summed E-state index contributed by atoms with van der Waals surface area (Å²) in [7, 11) is 0. The maximum Gasteiger partial charge on any atom is 0.386 e. The Kier molecular flexibility index (Phi) is 1.86. The fourth-order valence-corrected chi connectivity index (χ4v) is 0.0833. The van der Waals surface area contributed by atoms with Crippen LogP contribution in [0.5, 0.6) is 0 Å². The molecular formula is C4H3O2. The van der Waals surface area contributed by atoms with E-state index in [4.69, 9.17) is 0 Å². The Morgan fingerprint density at radius 1 is 1.83 bits per heavy atom. The molecule has 0 spiro atoms. The van der Waals surface area contributed by atoms with E-state index in [0.717, 1.165) is 6.08 Å². The molecule has 0 aromatic rings. The topological polar surface area (TPSA) is 37.0 Å².